The number of carbonyl (C=O) groups excluding carboxylic acids is 1. The van der Waals surface area contributed by atoms with Gasteiger partial charge in [-0.3, -0.25) is 9.69 Å². The summed E-state index contributed by atoms with van der Waals surface area (Å²) >= 11 is 0. The molecule has 0 spiro atoms. The van der Waals surface area contributed by atoms with Crippen LogP contribution in [0, 0.1) is 6.92 Å². The number of piperazine rings is 1. The van der Waals surface area contributed by atoms with Crippen LogP contribution in [0.4, 0.5) is 0 Å². The van der Waals surface area contributed by atoms with Crippen LogP contribution in [0.3, 0.4) is 0 Å². The fourth-order valence-corrected chi connectivity index (χ4v) is 2.45. The average molecular weight is 296 g/mol. The number of nitrogens with zero attached hydrogens (tertiary/aromatic N) is 3. The van der Waals surface area contributed by atoms with Crippen molar-refractivity contribution in [1.29, 1.82) is 0 Å². The Hall–Kier alpha value is -1.44. The molecular weight excluding hydrogens is 272 g/mol. The summed E-state index contributed by atoms with van der Waals surface area (Å²) in [5.41, 5.74) is 6.45. The molecule has 1 aliphatic rings. The Bertz CT molecular complexity index is 451. The normalized spacial score (nSPS) is 18.0. The molecule has 0 bridgehead atoms. The van der Waals surface area contributed by atoms with Crippen molar-refractivity contribution in [2.75, 3.05) is 39.8 Å². The summed E-state index contributed by atoms with van der Waals surface area (Å²) in [5.74, 6) is 0.984. The molecule has 7 nitrogen and oxygen atoms in total. The van der Waals surface area contributed by atoms with E-state index in [1.54, 1.807) is 7.11 Å². The van der Waals surface area contributed by atoms with Crippen molar-refractivity contribution in [2.24, 2.45) is 5.73 Å². The first-order chi connectivity index (χ1) is 10.1. The largest absolute Gasteiger partial charge is 0.380 e. The SMILES string of the molecule is COC(CN)CC(=O)N1CCN(Cc2cc(C)no2)CC1. The van der Waals surface area contributed by atoms with E-state index in [0.717, 1.165) is 44.2 Å². The summed E-state index contributed by atoms with van der Waals surface area (Å²) in [4.78, 5) is 16.3. The highest BCUT2D eigenvalue weighted by atomic mass is 16.5. The van der Waals surface area contributed by atoms with E-state index in [4.69, 9.17) is 15.0 Å². The third-order valence-electron chi connectivity index (χ3n) is 3.78. The molecule has 0 saturated carbocycles. The molecule has 1 aliphatic heterocycles. The van der Waals surface area contributed by atoms with E-state index >= 15 is 0 Å². The highest BCUT2D eigenvalue weighted by Crippen LogP contribution is 2.11. The van der Waals surface area contributed by atoms with Crippen LogP contribution in [0.5, 0.6) is 0 Å². The maximum atomic E-state index is 12.1. The van der Waals surface area contributed by atoms with Crippen LogP contribution in [0.25, 0.3) is 0 Å². The highest BCUT2D eigenvalue weighted by molar-refractivity contribution is 5.76. The van der Waals surface area contributed by atoms with E-state index < -0.39 is 0 Å². The van der Waals surface area contributed by atoms with Gasteiger partial charge in [0.05, 0.1) is 24.8 Å². The van der Waals surface area contributed by atoms with Crippen LogP contribution >= 0.6 is 0 Å². The molecule has 21 heavy (non-hydrogen) atoms. The van der Waals surface area contributed by atoms with Crippen molar-refractivity contribution in [3.63, 3.8) is 0 Å². The fourth-order valence-electron chi connectivity index (χ4n) is 2.45. The second-order valence-electron chi connectivity index (χ2n) is 5.39. The Morgan fingerprint density at radius 2 is 2.19 bits per heavy atom. The number of aryl methyl sites for hydroxylation is 1. The van der Waals surface area contributed by atoms with Gasteiger partial charge in [-0.2, -0.15) is 0 Å². The van der Waals surface area contributed by atoms with Gasteiger partial charge in [0.15, 0.2) is 5.76 Å². The van der Waals surface area contributed by atoms with E-state index in [9.17, 15) is 4.79 Å². The number of carbonyl (C=O) groups is 1. The van der Waals surface area contributed by atoms with Crippen LogP contribution in [-0.2, 0) is 16.1 Å². The van der Waals surface area contributed by atoms with E-state index in [1.807, 2.05) is 17.9 Å². The molecular formula is C14H24N4O3. The molecule has 1 aromatic rings. The summed E-state index contributed by atoms with van der Waals surface area (Å²) in [7, 11) is 1.59. The molecule has 1 saturated heterocycles. The zero-order valence-electron chi connectivity index (χ0n) is 12.7. The molecule has 1 aromatic heterocycles. The lowest BCUT2D eigenvalue weighted by atomic mass is 10.2. The van der Waals surface area contributed by atoms with Gasteiger partial charge in [-0.25, -0.2) is 0 Å². The van der Waals surface area contributed by atoms with Crippen LogP contribution in [-0.4, -0.2) is 66.8 Å². The molecule has 7 heteroatoms. The van der Waals surface area contributed by atoms with E-state index in [-0.39, 0.29) is 12.0 Å². The minimum atomic E-state index is -0.187. The van der Waals surface area contributed by atoms with Crippen molar-refractivity contribution in [3.8, 4) is 0 Å². The number of hydrogen-bond acceptors (Lipinski definition) is 6. The number of methoxy groups -OCH3 is 1. The van der Waals surface area contributed by atoms with Gasteiger partial charge >= 0.3 is 0 Å². The molecule has 1 unspecified atom stereocenters. The van der Waals surface area contributed by atoms with Crippen molar-refractivity contribution in [1.82, 2.24) is 15.0 Å². The number of aromatic nitrogens is 1. The molecule has 1 atom stereocenters. The second kappa shape index (κ2) is 7.53. The maximum Gasteiger partial charge on any atom is 0.225 e. The minimum Gasteiger partial charge on any atom is -0.380 e. The van der Waals surface area contributed by atoms with Gasteiger partial charge in [-0.1, -0.05) is 5.16 Å². The first kappa shape index (κ1) is 15.9. The van der Waals surface area contributed by atoms with Crippen LogP contribution in [0.1, 0.15) is 17.9 Å². The van der Waals surface area contributed by atoms with Crippen LogP contribution in [0.2, 0.25) is 0 Å². The molecule has 118 valence electrons. The second-order valence-corrected chi connectivity index (χ2v) is 5.39. The lowest BCUT2D eigenvalue weighted by molar-refractivity contribution is -0.135. The van der Waals surface area contributed by atoms with Crippen molar-refractivity contribution in [2.45, 2.75) is 26.0 Å². The topological polar surface area (TPSA) is 84.8 Å². The quantitative estimate of drug-likeness (QED) is 0.795. The Balaban J connectivity index is 1.76. The van der Waals surface area contributed by atoms with E-state index in [2.05, 4.69) is 10.1 Å². The molecule has 0 aliphatic carbocycles. The third kappa shape index (κ3) is 4.52. The Kier molecular flexibility index (Phi) is 5.72. The lowest BCUT2D eigenvalue weighted by Crippen LogP contribution is -2.49. The number of amides is 1. The molecule has 2 N–H and O–H groups in total. The summed E-state index contributed by atoms with van der Waals surface area (Å²) in [6.45, 7) is 6.16. The summed E-state index contributed by atoms with van der Waals surface area (Å²) in [6.07, 6.45) is 0.168. The monoisotopic (exact) mass is 296 g/mol. The summed E-state index contributed by atoms with van der Waals surface area (Å²) in [6, 6.07) is 1.95. The van der Waals surface area contributed by atoms with Crippen LogP contribution in [0.15, 0.2) is 10.6 Å². The molecule has 1 fully saturated rings. The Labute approximate surface area is 125 Å². The van der Waals surface area contributed by atoms with Gasteiger partial charge in [-0.15, -0.1) is 0 Å². The van der Waals surface area contributed by atoms with Gasteiger partial charge < -0.3 is 19.9 Å². The highest BCUT2D eigenvalue weighted by Gasteiger charge is 2.23. The molecule has 2 heterocycles. The third-order valence-corrected chi connectivity index (χ3v) is 3.78. The molecule has 0 radical (unpaired) electrons. The van der Waals surface area contributed by atoms with Gasteiger partial charge in [0.1, 0.15) is 0 Å². The first-order valence-electron chi connectivity index (χ1n) is 7.27. The molecule has 1 amide bonds. The standard InChI is InChI=1S/C14H24N4O3/c1-11-7-13(21-16-11)10-17-3-5-18(6-4-17)14(19)8-12(9-15)20-2/h7,12H,3-6,8-10,15H2,1-2H3. The van der Waals surface area contributed by atoms with Crippen molar-refractivity contribution in [3.05, 3.63) is 17.5 Å². The van der Waals surface area contributed by atoms with Crippen LogP contribution < -0.4 is 5.73 Å². The van der Waals surface area contributed by atoms with Gasteiger partial charge in [0.25, 0.3) is 0 Å². The summed E-state index contributed by atoms with van der Waals surface area (Å²) in [5, 5.41) is 3.88. The average Bonchev–Trinajstić information content (AvgIpc) is 2.90. The number of hydrogen-bond donors (Lipinski definition) is 1. The zero-order chi connectivity index (χ0) is 15.2. The smallest absolute Gasteiger partial charge is 0.225 e. The minimum absolute atomic E-state index is 0.113. The van der Waals surface area contributed by atoms with E-state index in [0.29, 0.717) is 13.0 Å². The number of nitrogens with two attached hydrogens (primary N) is 1. The van der Waals surface area contributed by atoms with Crippen molar-refractivity contribution < 1.29 is 14.1 Å². The summed E-state index contributed by atoms with van der Waals surface area (Å²) < 4.78 is 10.4. The first-order valence-corrected chi connectivity index (χ1v) is 7.27. The predicted octanol–water partition coefficient (Wildman–Crippen LogP) is -0.00898. The predicted molar refractivity (Wildman–Crippen MR) is 77.6 cm³/mol. The van der Waals surface area contributed by atoms with Gasteiger partial charge in [0.2, 0.25) is 5.91 Å². The Morgan fingerprint density at radius 3 is 2.71 bits per heavy atom. The van der Waals surface area contributed by atoms with E-state index in [1.165, 1.54) is 0 Å². The maximum absolute atomic E-state index is 12.1. The van der Waals surface area contributed by atoms with Crippen molar-refractivity contribution >= 4 is 5.91 Å². The van der Waals surface area contributed by atoms with Gasteiger partial charge in [-0.05, 0) is 6.92 Å². The Morgan fingerprint density at radius 1 is 1.48 bits per heavy atom. The van der Waals surface area contributed by atoms with Gasteiger partial charge in [0, 0.05) is 45.9 Å². The lowest BCUT2D eigenvalue weighted by Gasteiger charge is -2.34. The molecule has 2 rings (SSSR count). The molecule has 0 aromatic carbocycles. The number of ether oxygens (including phenoxy) is 1. The zero-order valence-corrected chi connectivity index (χ0v) is 12.7. The number of rotatable bonds is 6. The fraction of sp³-hybridized carbons (Fsp3) is 0.714.